The number of amides is 2. The molecule has 0 unspecified atom stereocenters. The van der Waals surface area contributed by atoms with Crippen LogP contribution in [-0.2, 0) is 9.59 Å². The van der Waals surface area contributed by atoms with Crippen LogP contribution in [0.1, 0.15) is 58.3 Å². The quantitative estimate of drug-likeness (QED) is 0.659. The number of carbonyl (C=O) groups is 2. The minimum Gasteiger partial charge on any atom is -0.339 e. The highest BCUT2D eigenvalue weighted by molar-refractivity contribution is 5.78. The van der Waals surface area contributed by atoms with E-state index >= 15 is 0 Å². The van der Waals surface area contributed by atoms with Gasteiger partial charge in [0.05, 0.1) is 0 Å². The second-order valence-corrected chi connectivity index (χ2v) is 5.82. The Morgan fingerprint density at radius 1 is 0.810 bits per heavy atom. The summed E-state index contributed by atoms with van der Waals surface area (Å²) in [6.45, 7) is 5.61. The van der Waals surface area contributed by atoms with Gasteiger partial charge in [-0.1, -0.05) is 26.2 Å². The van der Waals surface area contributed by atoms with Crippen molar-refractivity contribution in [2.45, 2.75) is 58.3 Å². The molecule has 0 aromatic heterocycles. The zero-order valence-corrected chi connectivity index (χ0v) is 13.5. The van der Waals surface area contributed by atoms with Gasteiger partial charge in [0.2, 0.25) is 11.8 Å². The van der Waals surface area contributed by atoms with Gasteiger partial charge in [-0.3, -0.25) is 9.59 Å². The van der Waals surface area contributed by atoms with Gasteiger partial charge in [-0.2, -0.15) is 0 Å². The highest BCUT2D eigenvalue weighted by Crippen LogP contribution is 2.10. The number of carbonyl (C=O) groups excluding carboxylic acids is 2. The molecule has 1 saturated heterocycles. The number of rotatable bonds is 9. The van der Waals surface area contributed by atoms with Crippen molar-refractivity contribution in [1.29, 1.82) is 0 Å². The van der Waals surface area contributed by atoms with Crippen molar-refractivity contribution in [3.8, 4) is 0 Å². The summed E-state index contributed by atoms with van der Waals surface area (Å²) >= 11 is 0. The summed E-state index contributed by atoms with van der Waals surface area (Å²) in [6.07, 6.45) is 7.45. The summed E-state index contributed by atoms with van der Waals surface area (Å²) in [5.41, 5.74) is 5.44. The molecule has 122 valence electrons. The molecule has 0 radical (unpaired) electrons. The first kappa shape index (κ1) is 18.0. The molecule has 0 aromatic rings. The van der Waals surface area contributed by atoms with Gasteiger partial charge in [0.1, 0.15) is 0 Å². The highest BCUT2D eigenvalue weighted by Gasteiger charge is 2.23. The highest BCUT2D eigenvalue weighted by atomic mass is 16.2. The molecule has 1 fully saturated rings. The zero-order valence-electron chi connectivity index (χ0n) is 13.5. The molecule has 2 N–H and O–H groups in total. The average Bonchev–Trinajstić information content (AvgIpc) is 2.51. The Morgan fingerprint density at radius 2 is 1.29 bits per heavy atom. The fourth-order valence-electron chi connectivity index (χ4n) is 2.65. The SMILES string of the molecule is CCCCCC(=O)N1CCN(C(=O)CCCCCN)CC1. The molecule has 0 spiro atoms. The third kappa shape index (κ3) is 6.93. The Balaban J connectivity index is 2.18. The Kier molecular flexibility index (Phi) is 9.06. The van der Waals surface area contributed by atoms with Crippen molar-refractivity contribution >= 4 is 11.8 Å². The Hall–Kier alpha value is -1.10. The molecule has 5 heteroatoms. The molecule has 0 bridgehead atoms. The lowest BCUT2D eigenvalue weighted by Crippen LogP contribution is -2.50. The maximum atomic E-state index is 12.0. The first-order valence-electron chi connectivity index (χ1n) is 8.44. The summed E-state index contributed by atoms with van der Waals surface area (Å²) in [5.74, 6) is 0.476. The Labute approximate surface area is 128 Å². The van der Waals surface area contributed by atoms with Crippen LogP contribution >= 0.6 is 0 Å². The van der Waals surface area contributed by atoms with Crippen LogP contribution in [-0.4, -0.2) is 54.3 Å². The second kappa shape index (κ2) is 10.6. The number of piperazine rings is 1. The number of nitrogens with zero attached hydrogens (tertiary/aromatic N) is 2. The molecule has 0 atom stereocenters. The molecule has 1 rings (SSSR count). The molecule has 0 aromatic carbocycles. The first-order chi connectivity index (χ1) is 10.2. The smallest absolute Gasteiger partial charge is 0.222 e. The van der Waals surface area contributed by atoms with E-state index < -0.39 is 0 Å². The van der Waals surface area contributed by atoms with E-state index in [0.717, 1.165) is 38.5 Å². The lowest BCUT2D eigenvalue weighted by Gasteiger charge is -2.35. The largest absolute Gasteiger partial charge is 0.339 e. The molecule has 0 saturated carbocycles. The third-order valence-electron chi connectivity index (χ3n) is 4.07. The van der Waals surface area contributed by atoms with E-state index in [1.54, 1.807) is 0 Å². The number of hydrogen-bond donors (Lipinski definition) is 1. The van der Waals surface area contributed by atoms with Crippen LogP contribution in [0.2, 0.25) is 0 Å². The van der Waals surface area contributed by atoms with Crippen LogP contribution in [0, 0.1) is 0 Å². The molecule has 21 heavy (non-hydrogen) atoms. The van der Waals surface area contributed by atoms with Crippen LogP contribution in [0.15, 0.2) is 0 Å². The van der Waals surface area contributed by atoms with Gasteiger partial charge >= 0.3 is 0 Å². The van der Waals surface area contributed by atoms with Gasteiger partial charge in [0, 0.05) is 39.0 Å². The fourth-order valence-corrected chi connectivity index (χ4v) is 2.65. The lowest BCUT2D eigenvalue weighted by atomic mass is 10.1. The lowest BCUT2D eigenvalue weighted by molar-refractivity contribution is -0.139. The van der Waals surface area contributed by atoms with E-state index in [-0.39, 0.29) is 11.8 Å². The maximum absolute atomic E-state index is 12.0. The first-order valence-corrected chi connectivity index (χ1v) is 8.44. The zero-order chi connectivity index (χ0) is 15.5. The summed E-state index contributed by atoms with van der Waals surface area (Å²) in [4.78, 5) is 27.9. The Bertz CT molecular complexity index is 313. The number of unbranched alkanes of at least 4 members (excludes halogenated alkanes) is 4. The average molecular weight is 297 g/mol. The summed E-state index contributed by atoms with van der Waals surface area (Å²) < 4.78 is 0. The van der Waals surface area contributed by atoms with E-state index in [2.05, 4.69) is 6.92 Å². The molecule has 0 aliphatic carbocycles. The summed E-state index contributed by atoms with van der Waals surface area (Å²) in [6, 6.07) is 0. The van der Waals surface area contributed by atoms with Gasteiger partial charge in [0.25, 0.3) is 0 Å². The van der Waals surface area contributed by atoms with E-state index in [4.69, 9.17) is 5.73 Å². The molecule has 1 heterocycles. The van der Waals surface area contributed by atoms with Gasteiger partial charge in [0.15, 0.2) is 0 Å². The van der Waals surface area contributed by atoms with E-state index in [0.29, 0.717) is 45.6 Å². The standard InChI is InChI=1S/C16H31N3O2/c1-2-3-5-8-15(20)18-11-13-19(14-12-18)16(21)9-6-4-7-10-17/h2-14,17H2,1H3. The van der Waals surface area contributed by atoms with Crippen LogP contribution < -0.4 is 5.73 Å². The summed E-state index contributed by atoms with van der Waals surface area (Å²) in [7, 11) is 0. The maximum Gasteiger partial charge on any atom is 0.222 e. The topological polar surface area (TPSA) is 66.6 Å². The monoisotopic (exact) mass is 297 g/mol. The number of hydrogen-bond acceptors (Lipinski definition) is 3. The predicted molar refractivity (Wildman–Crippen MR) is 84.8 cm³/mol. The van der Waals surface area contributed by atoms with Gasteiger partial charge in [-0.15, -0.1) is 0 Å². The van der Waals surface area contributed by atoms with E-state index in [1.807, 2.05) is 9.80 Å². The van der Waals surface area contributed by atoms with Crippen LogP contribution in [0.5, 0.6) is 0 Å². The third-order valence-corrected chi connectivity index (χ3v) is 4.07. The van der Waals surface area contributed by atoms with Crippen molar-refractivity contribution in [3.63, 3.8) is 0 Å². The molecular weight excluding hydrogens is 266 g/mol. The normalized spacial score (nSPS) is 15.3. The molecule has 5 nitrogen and oxygen atoms in total. The predicted octanol–water partition coefficient (Wildman–Crippen LogP) is 1.76. The molecule has 1 aliphatic rings. The van der Waals surface area contributed by atoms with E-state index in [1.165, 1.54) is 0 Å². The van der Waals surface area contributed by atoms with Crippen molar-refractivity contribution in [2.75, 3.05) is 32.7 Å². The Morgan fingerprint density at radius 3 is 1.71 bits per heavy atom. The number of nitrogens with two attached hydrogens (primary N) is 1. The summed E-state index contributed by atoms with van der Waals surface area (Å²) in [5, 5.41) is 0. The van der Waals surface area contributed by atoms with Crippen molar-refractivity contribution in [3.05, 3.63) is 0 Å². The van der Waals surface area contributed by atoms with Crippen LogP contribution in [0.4, 0.5) is 0 Å². The van der Waals surface area contributed by atoms with E-state index in [9.17, 15) is 9.59 Å². The van der Waals surface area contributed by atoms with Crippen molar-refractivity contribution < 1.29 is 9.59 Å². The minimum absolute atomic E-state index is 0.227. The van der Waals surface area contributed by atoms with Crippen LogP contribution in [0.25, 0.3) is 0 Å². The van der Waals surface area contributed by atoms with Gasteiger partial charge in [-0.05, 0) is 25.8 Å². The molecule has 2 amide bonds. The van der Waals surface area contributed by atoms with Crippen LogP contribution in [0.3, 0.4) is 0 Å². The minimum atomic E-state index is 0.227. The fraction of sp³-hybridized carbons (Fsp3) is 0.875. The van der Waals surface area contributed by atoms with Gasteiger partial charge in [-0.25, -0.2) is 0 Å². The second-order valence-electron chi connectivity index (χ2n) is 5.82. The van der Waals surface area contributed by atoms with Gasteiger partial charge < -0.3 is 15.5 Å². The molecular formula is C16H31N3O2. The molecule has 1 aliphatic heterocycles. The van der Waals surface area contributed by atoms with Crippen molar-refractivity contribution in [2.24, 2.45) is 5.73 Å². The van der Waals surface area contributed by atoms with Crippen molar-refractivity contribution in [1.82, 2.24) is 9.80 Å².